The third-order valence-electron chi connectivity index (χ3n) is 4.46. The molecule has 1 amide bonds. The molecule has 4 rings (SSSR count). The number of ether oxygens (including phenoxy) is 1. The predicted octanol–water partition coefficient (Wildman–Crippen LogP) is 4.34. The first-order chi connectivity index (χ1) is 14.6. The molecule has 0 aliphatic heterocycles. The molecule has 0 spiro atoms. The van der Waals surface area contributed by atoms with E-state index in [-0.39, 0.29) is 11.7 Å². The molecule has 150 valence electrons. The van der Waals surface area contributed by atoms with Gasteiger partial charge in [-0.1, -0.05) is 18.2 Å². The molecule has 6 nitrogen and oxygen atoms in total. The van der Waals surface area contributed by atoms with E-state index in [0.29, 0.717) is 29.6 Å². The van der Waals surface area contributed by atoms with Crippen molar-refractivity contribution in [1.82, 2.24) is 20.1 Å². The molecule has 0 radical (unpaired) electrons. The summed E-state index contributed by atoms with van der Waals surface area (Å²) >= 11 is 0. The summed E-state index contributed by atoms with van der Waals surface area (Å²) in [5, 5.41) is 7.24. The van der Waals surface area contributed by atoms with Crippen molar-refractivity contribution in [2.24, 2.45) is 7.05 Å². The summed E-state index contributed by atoms with van der Waals surface area (Å²) in [7, 11) is 1.70. The predicted molar refractivity (Wildman–Crippen MR) is 111 cm³/mol. The van der Waals surface area contributed by atoms with E-state index in [1.807, 2.05) is 36.4 Å². The van der Waals surface area contributed by atoms with Gasteiger partial charge in [-0.25, -0.2) is 9.37 Å². The van der Waals surface area contributed by atoms with Crippen LogP contribution in [0.1, 0.15) is 16.1 Å². The van der Waals surface area contributed by atoms with Crippen molar-refractivity contribution in [3.05, 3.63) is 96.1 Å². The SMILES string of the molecule is Cn1nc(-c2ccc(F)cc2)cc1C(=O)NCc1cccc(Oc2ccccn2)c1. The van der Waals surface area contributed by atoms with Crippen LogP contribution in [-0.4, -0.2) is 20.7 Å². The van der Waals surface area contributed by atoms with E-state index in [4.69, 9.17) is 4.74 Å². The molecule has 0 atom stereocenters. The van der Waals surface area contributed by atoms with Gasteiger partial charge >= 0.3 is 0 Å². The Kier molecular flexibility index (Phi) is 5.52. The zero-order chi connectivity index (χ0) is 20.9. The molecule has 0 unspecified atom stereocenters. The number of hydrogen-bond donors (Lipinski definition) is 1. The quantitative estimate of drug-likeness (QED) is 0.521. The van der Waals surface area contributed by atoms with Crippen LogP contribution in [0.25, 0.3) is 11.3 Å². The van der Waals surface area contributed by atoms with Gasteiger partial charge in [0.25, 0.3) is 5.91 Å². The van der Waals surface area contributed by atoms with E-state index in [9.17, 15) is 9.18 Å². The third kappa shape index (κ3) is 4.52. The van der Waals surface area contributed by atoms with Crippen LogP contribution in [0.3, 0.4) is 0 Å². The lowest BCUT2D eigenvalue weighted by atomic mass is 10.1. The van der Waals surface area contributed by atoms with Gasteiger partial charge in [0, 0.05) is 31.4 Å². The number of aryl methyl sites for hydroxylation is 1. The van der Waals surface area contributed by atoms with Crippen LogP contribution in [0.2, 0.25) is 0 Å². The van der Waals surface area contributed by atoms with Crippen molar-refractivity contribution in [2.45, 2.75) is 6.54 Å². The summed E-state index contributed by atoms with van der Waals surface area (Å²) < 4.78 is 20.4. The number of hydrogen-bond acceptors (Lipinski definition) is 4. The van der Waals surface area contributed by atoms with Crippen LogP contribution >= 0.6 is 0 Å². The van der Waals surface area contributed by atoms with Crippen LogP contribution in [-0.2, 0) is 13.6 Å². The maximum absolute atomic E-state index is 13.1. The maximum Gasteiger partial charge on any atom is 0.269 e. The zero-order valence-electron chi connectivity index (χ0n) is 16.2. The van der Waals surface area contributed by atoms with Crippen molar-refractivity contribution in [3.63, 3.8) is 0 Å². The Balaban J connectivity index is 1.42. The molecule has 4 aromatic rings. The normalized spacial score (nSPS) is 10.6. The van der Waals surface area contributed by atoms with Crippen LogP contribution in [0.5, 0.6) is 11.6 Å². The average molecular weight is 402 g/mol. The Bertz CT molecular complexity index is 1160. The number of rotatable bonds is 6. The topological polar surface area (TPSA) is 69.0 Å². The monoisotopic (exact) mass is 402 g/mol. The van der Waals surface area contributed by atoms with Gasteiger partial charge in [-0.3, -0.25) is 9.48 Å². The third-order valence-corrected chi connectivity index (χ3v) is 4.46. The highest BCUT2D eigenvalue weighted by atomic mass is 19.1. The Labute approximate surface area is 173 Å². The van der Waals surface area contributed by atoms with Gasteiger partial charge in [0.15, 0.2) is 0 Å². The number of amides is 1. The Morgan fingerprint density at radius 1 is 1.07 bits per heavy atom. The molecule has 1 N–H and O–H groups in total. The first-order valence-electron chi connectivity index (χ1n) is 9.34. The van der Waals surface area contributed by atoms with Crippen molar-refractivity contribution in [1.29, 1.82) is 0 Å². The number of carbonyl (C=O) groups excluding carboxylic acids is 1. The fraction of sp³-hybridized carbons (Fsp3) is 0.0870. The molecule has 30 heavy (non-hydrogen) atoms. The van der Waals surface area contributed by atoms with Crippen molar-refractivity contribution >= 4 is 5.91 Å². The number of nitrogens with zero attached hydrogens (tertiary/aromatic N) is 3. The van der Waals surface area contributed by atoms with Gasteiger partial charge in [0.1, 0.15) is 17.3 Å². The fourth-order valence-electron chi connectivity index (χ4n) is 2.96. The van der Waals surface area contributed by atoms with E-state index in [1.165, 1.54) is 16.8 Å². The van der Waals surface area contributed by atoms with Gasteiger partial charge in [0.05, 0.1) is 5.69 Å². The number of nitrogens with one attached hydrogen (secondary N) is 1. The van der Waals surface area contributed by atoms with Crippen LogP contribution in [0, 0.1) is 5.82 Å². The Morgan fingerprint density at radius 3 is 2.67 bits per heavy atom. The zero-order valence-corrected chi connectivity index (χ0v) is 16.2. The molecule has 0 fully saturated rings. The fourth-order valence-corrected chi connectivity index (χ4v) is 2.96. The van der Waals surface area contributed by atoms with Crippen LogP contribution in [0.15, 0.2) is 79.0 Å². The number of halogens is 1. The first-order valence-corrected chi connectivity index (χ1v) is 9.34. The molecular formula is C23H19FN4O2. The molecule has 7 heteroatoms. The standard InChI is InChI=1S/C23H19FN4O2/c1-28-21(14-20(27-28)17-8-10-18(24)11-9-17)23(29)26-15-16-5-4-6-19(13-16)30-22-7-2-3-12-25-22/h2-14H,15H2,1H3,(H,26,29). The van der Waals surface area contributed by atoms with Gasteiger partial charge in [-0.05, 0) is 54.1 Å². The van der Waals surface area contributed by atoms with Crippen LogP contribution in [0.4, 0.5) is 4.39 Å². The molecule has 0 saturated carbocycles. The Hall–Kier alpha value is -4.00. The maximum atomic E-state index is 13.1. The van der Waals surface area contributed by atoms with Gasteiger partial charge in [-0.15, -0.1) is 0 Å². The minimum Gasteiger partial charge on any atom is -0.439 e. The highest BCUT2D eigenvalue weighted by Gasteiger charge is 2.14. The molecule has 2 heterocycles. The van der Waals surface area contributed by atoms with Crippen LogP contribution < -0.4 is 10.1 Å². The summed E-state index contributed by atoms with van der Waals surface area (Å²) in [6, 6.07) is 20.6. The van der Waals surface area contributed by atoms with E-state index in [1.54, 1.807) is 37.5 Å². The van der Waals surface area contributed by atoms with E-state index in [2.05, 4.69) is 15.4 Å². The van der Waals surface area contributed by atoms with Crippen molar-refractivity contribution < 1.29 is 13.9 Å². The second-order valence-electron chi connectivity index (χ2n) is 6.65. The second-order valence-corrected chi connectivity index (χ2v) is 6.65. The minimum atomic E-state index is -0.318. The largest absolute Gasteiger partial charge is 0.439 e. The molecule has 2 aromatic carbocycles. The van der Waals surface area contributed by atoms with Crippen molar-refractivity contribution in [3.8, 4) is 22.9 Å². The lowest BCUT2D eigenvalue weighted by Gasteiger charge is -2.08. The van der Waals surface area contributed by atoms with Gasteiger partial charge in [0.2, 0.25) is 5.88 Å². The summed E-state index contributed by atoms with van der Waals surface area (Å²) in [6.45, 7) is 0.329. The molecule has 0 aliphatic rings. The second kappa shape index (κ2) is 8.57. The number of benzene rings is 2. The Morgan fingerprint density at radius 2 is 1.90 bits per heavy atom. The lowest BCUT2D eigenvalue weighted by molar-refractivity contribution is 0.0941. The van der Waals surface area contributed by atoms with Gasteiger partial charge < -0.3 is 10.1 Å². The molecule has 0 saturated heterocycles. The summed E-state index contributed by atoms with van der Waals surface area (Å²) in [4.78, 5) is 16.8. The summed E-state index contributed by atoms with van der Waals surface area (Å²) in [5.41, 5.74) is 2.65. The highest BCUT2D eigenvalue weighted by Crippen LogP contribution is 2.21. The average Bonchev–Trinajstić information content (AvgIpc) is 3.15. The highest BCUT2D eigenvalue weighted by molar-refractivity contribution is 5.93. The molecule has 2 aromatic heterocycles. The molecule has 0 aliphatic carbocycles. The minimum absolute atomic E-state index is 0.255. The van der Waals surface area contributed by atoms with Crippen molar-refractivity contribution in [2.75, 3.05) is 0 Å². The lowest BCUT2D eigenvalue weighted by Crippen LogP contribution is -2.25. The number of pyridine rings is 1. The first kappa shape index (κ1) is 19.3. The van der Waals surface area contributed by atoms with E-state index < -0.39 is 0 Å². The smallest absolute Gasteiger partial charge is 0.269 e. The van der Waals surface area contributed by atoms with Gasteiger partial charge in [-0.2, -0.15) is 5.10 Å². The molecular weight excluding hydrogens is 383 g/mol. The van der Waals surface area contributed by atoms with E-state index >= 15 is 0 Å². The number of aromatic nitrogens is 3. The number of carbonyl (C=O) groups is 1. The summed E-state index contributed by atoms with van der Waals surface area (Å²) in [6.07, 6.45) is 1.66. The summed E-state index contributed by atoms with van der Waals surface area (Å²) in [5.74, 6) is 0.567. The van der Waals surface area contributed by atoms with E-state index in [0.717, 1.165) is 11.1 Å². The molecule has 0 bridgehead atoms.